The number of nitrogens with one attached hydrogen (secondary N) is 1. The monoisotopic (exact) mass is 394 g/mol. The normalized spacial score (nSPS) is 13.5. The summed E-state index contributed by atoms with van der Waals surface area (Å²) in [6, 6.07) is 3.50. The van der Waals surface area contributed by atoms with Gasteiger partial charge in [-0.1, -0.05) is 20.8 Å². The molecule has 0 spiro atoms. The van der Waals surface area contributed by atoms with Gasteiger partial charge in [-0.2, -0.15) is 18.3 Å². The molecule has 3 heterocycles. The van der Waals surface area contributed by atoms with Crippen LogP contribution in [0.1, 0.15) is 27.0 Å². The molecule has 0 aromatic carbocycles. The predicted octanol–water partition coefficient (Wildman–Crippen LogP) is 3.65. The van der Waals surface area contributed by atoms with Gasteiger partial charge in [0.25, 0.3) is 6.23 Å². The first-order valence-corrected chi connectivity index (χ1v) is 8.27. The molecule has 0 aliphatic heterocycles. The van der Waals surface area contributed by atoms with Crippen LogP contribution in [0.2, 0.25) is 0 Å². The number of fused-ring (bicyclic) bond motifs is 1. The second kappa shape index (κ2) is 6.77. The number of carbonyl (C=O) groups excluding carboxylic acids is 2. The molecule has 10 heteroatoms. The van der Waals surface area contributed by atoms with Crippen LogP contribution in [-0.4, -0.2) is 37.7 Å². The number of alkyl halides is 3. The van der Waals surface area contributed by atoms with Gasteiger partial charge in [0.05, 0.1) is 6.20 Å². The van der Waals surface area contributed by atoms with Crippen molar-refractivity contribution < 1.29 is 27.5 Å². The number of ether oxygens (including phenoxy) is 1. The van der Waals surface area contributed by atoms with Crippen molar-refractivity contribution in [1.82, 2.24) is 19.7 Å². The number of H-pyrrole nitrogens is 1. The SMILES string of the molecule is CC(C)(C)C(=O)C(OC(=O)C(F)(F)F)n1cc(-c2ccnc3[nH]ccc23)cn1. The molecule has 1 N–H and O–H groups in total. The van der Waals surface area contributed by atoms with E-state index in [4.69, 9.17) is 0 Å². The van der Waals surface area contributed by atoms with Crippen molar-refractivity contribution in [2.24, 2.45) is 5.41 Å². The molecule has 1 unspecified atom stereocenters. The van der Waals surface area contributed by atoms with E-state index in [0.717, 1.165) is 10.1 Å². The minimum Gasteiger partial charge on any atom is -0.425 e. The van der Waals surface area contributed by atoms with Crippen LogP contribution in [0, 0.1) is 5.41 Å². The fourth-order valence-corrected chi connectivity index (χ4v) is 2.58. The molecule has 148 valence electrons. The third kappa shape index (κ3) is 3.75. The Kier molecular flexibility index (Phi) is 4.74. The fraction of sp³-hybridized carbons (Fsp3) is 0.333. The lowest BCUT2D eigenvalue weighted by Crippen LogP contribution is -2.37. The molecule has 7 nitrogen and oxygen atoms in total. The van der Waals surface area contributed by atoms with E-state index in [-0.39, 0.29) is 0 Å². The second-order valence-corrected chi connectivity index (χ2v) is 7.18. The quantitative estimate of drug-likeness (QED) is 0.683. The molecule has 0 amide bonds. The van der Waals surface area contributed by atoms with Crippen LogP contribution in [-0.2, 0) is 14.3 Å². The molecule has 3 rings (SSSR count). The Morgan fingerprint density at radius 2 is 1.93 bits per heavy atom. The van der Waals surface area contributed by atoms with E-state index in [0.29, 0.717) is 16.8 Å². The maximum Gasteiger partial charge on any atom is 0.491 e. The van der Waals surface area contributed by atoms with Crippen LogP contribution >= 0.6 is 0 Å². The molecule has 0 aliphatic rings. The third-order valence-corrected chi connectivity index (χ3v) is 4.03. The number of ketones is 1. The van der Waals surface area contributed by atoms with Crippen LogP contribution < -0.4 is 0 Å². The van der Waals surface area contributed by atoms with Crippen LogP contribution in [0.15, 0.2) is 36.9 Å². The lowest BCUT2D eigenvalue weighted by Gasteiger charge is -2.24. The molecular formula is C18H17F3N4O3. The average Bonchev–Trinajstić information content (AvgIpc) is 3.25. The van der Waals surface area contributed by atoms with E-state index in [1.165, 1.54) is 33.2 Å². The van der Waals surface area contributed by atoms with Crippen LogP contribution in [0.4, 0.5) is 13.2 Å². The molecule has 0 radical (unpaired) electrons. The highest BCUT2D eigenvalue weighted by Crippen LogP contribution is 2.31. The zero-order valence-corrected chi connectivity index (χ0v) is 15.2. The fourth-order valence-electron chi connectivity index (χ4n) is 2.58. The van der Waals surface area contributed by atoms with E-state index in [1.807, 2.05) is 0 Å². The van der Waals surface area contributed by atoms with Gasteiger partial charge in [-0.25, -0.2) is 14.5 Å². The number of aromatic nitrogens is 4. The zero-order valence-electron chi connectivity index (χ0n) is 15.2. The number of halogens is 3. The van der Waals surface area contributed by atoms with Gasteiger partial charge in [0, 0.05) is 35.0 Å². The van der Waals surface area contributed by atoms with E-state index < -0.39 is 29.6 Å². The van der Waals surface area contributed by atoms with E-state index >= 15 is 0 Å². The number of nitrogens with zero attached hydrogens (tertiary/aromatic N) is 3. The number of esters is 1. The first-order chi connectivity index (χ1) is 13.0. The number of hydrogen-bond acceptors (Lipinski definition) is 5. The first kappa shape index (κ1) is 19.6. The number of aromatic amines is 1. The van der Waals surface area contributed by atoms with Gasteiger partial charge in [-0.05, 0) is 17.7 Å². The van der Waals surface area contributed by atoms with E-state index in [1.54, 1.807) is 24.5 Å². The maximum atomic E-state index is 12.7. The molecular weight excluding hydrogens is 377 g/mol. The minimum atomic E-state index is -5.23. The van der Waals surface area contributed by atoms with Gasteiger partial charge in [0.2, 0.25) is 5.78 Å². The van der Waals surface area contributed by atoms with Crippen LogP contribution in [0.25, 0.3) is 22.2 Å². The van der Waals surface area contributed by atoms with Crippen LogP contribution in [0.3, 0.4) is 0 Å². The Hall–Kier alpha value is -3.17. The molecule has 0 bridgehead atoms. The molecule has 1 atom stereocenters. The highest BCUT2D eigenvalue weighted by Gasteiger charge is 2.45. The second-order valence-electron chi connectivity index (χ2n) is 7.18. The summed E-state index contributed by atoms with van der Waals surface area (Å²) in [7, 11) is 0. The smallest absolute Gasteiger partial charge is 0.425 e. The largest absolute Gasteiger partial charge is 0.491 e. The third-order valence-electron chi connectivity index (χ3n) is 4.03. The van der Waals surface area contributed by atoms with Gasteiger partial charge in [-0.3, -0.25) is 4.79 Å². The molecule has 0 fully saturated rings. The van der Waals surface area contributed by atoms with E-state index in [2.05, 4.69) is 19.8 Å². The summed E-state index contributed by atoms with van der Waals surface area (Å²) >= 11 is 0. The highest BCUT2D eigenvalue weighted by molar-refractivity contribution is 5.93. The molecule has 3 aromatic rings. The summed E-state index contributed by atoms with van der Waals surface area (Å²) in [4.78, 5) is 31.1. The standard InChI is InChI=1S/C18H17F3N4O3/c1-17(2,3)13(26)15(28-16(27)18(19,20)21)25-9-10(8-24-25)11-4-6-22-14-12(11)5-7-23-14/h4-9,15H,1-3H3,(H,22,23). The average molecular weight is 394 g/mol. The van der Waals surface area contributed by atoms with Crippen molar-refractivity contribution in [3.63, 3.8) is 0 Å². The Morgan fingerprint density at radius 3 is 2.57 bits per heavy atom. The number of rotatable bonds is 4. The zero-order chi connectivity index (χ0) is 20.7. The van der Waals surface area contributed by atoms with Crippen molar-refractivity contribution in [3.05, 3.63) is 36.9 Å². The number of carbonyl (C=O) groups is 2. The Morgan fingerprint density at radius 1 is 1.21 bits per heavy atom. The Balaban J connectivity index is 2.01. The summed E-state index contributed by atoms with van der Waals surface area (Å²) in [5.74, 6) is -3.18. The Bertz CT molecular complexity index is 1030. The van der Waals surface area contributed by atoms with E-state index in [9.17, 15) is 22.8 Å². The first-order valence-electron chi connectivity index (χ1n) is 8.27. The van der Waals surface area contributed by atoms with Gasteiger partial charge < -0.3 is 9.72 Å². The topological polar surface area (TPSA) is 89.9 Å². The van der Waals surface area contributed by atoms with Gasteiger partial charge in [-0.15, -0.1) is 0 Å². The van der Waals surface area contributed by atoms with Crippen molar-refractivity contribution in [3.8, 4) is 11.1 Å². The van der Waals surface area contributed by atoms with Crippen molar-refractivity contribution in [1.29, 1.82) is 0 Å². The van der Waals surface area contributed by atoms with Gasteiger partial charge in [0.1, 0.15) is 5.65 Å². The summed E-state index contributed by atoms with van der Waals surface area (Å²) in [5, 5.41) is 4.75. The lowest BCUT2D eigenvalue weighted by molar-refractivity contribution is -0.210. The molecule has 0 saturated carbocycles. The number of pyridine rings is 1. The number of Topliss-reactive ketones (excluding diaryl/α,β-unsaturated/α-hetero) is 1. The van der Waals surface area contributed by atoms with Crippen molar-refractivity contribution >= 4 is 22.8 Å². The predicted molar refractivity (Wildman–Crippen MR) is 93.0 cm³/mol. The highest BCUT2D eigenvalue weighted by atomic mass is 19.4. The Labute approximate surface area is 157 Å². The molecule has 3 aromatic heterocycles. The number of hydrogen-bond donors (Lipinski definition) is 1. The molecule has 0 aliphatic carbocycles. The lowest BCUT2D eigenvalue weighted by atomic mass is 9.90. The summed E-state index contributed by atoms with van der Waals surface area (Å²) in [6.45, 7) is 4.54. The van der Waals surface area contributed by atoms with Crippen molar-refractivity contribution in [2.75, 3.05) is 0 Å². The minimum absolute atomic E-state index is 0.529. The van der Waals surface area contributed by atoms with Crippen molar-refractivity contribution in [2.45, 2.75) is 33.2 Å². The summed E-state index contributed by atoms with van der Waals surface area (Å²) in [5.41, 5.74) is 0.798. The maximum absolute atomic E-state index is 12.7. The molecule has 0 saturated heterocycles. The molecule has 28 heavy (non-hydrogen) atoms. The summed E-state index contributed by atoms with van der Waals surface area (Å²) in [6.07, 6.45) is -1.07. The van der Waals surface area contributed by atoms with Gasteiger partial charge in [0.15, 0.2) is 0 Å². The van der Waals surface area contributed by atoms with Gasteiger partial charge >= 0.3 is 12.1 Å². The summed E-state index contributed by atoms with van der Waals surface area (Å²) < 4.78 is 43.4. The van der Waals surface area contributed by atoms with Crippen LogP contribution in [0.5, 0.6) is 0 Å².